The maximum Gasteiger partial charge on any atom is 0.419 e. The van der Waals surface area contributed by atoms with Crippen LogP contribution in [0.1, 0.15) is 21.7 Å². The normalized spacial score (nSPS) is 11.4. The highest BCUT2D eigenvalue weighted by atomic mass is 32.1. The molecule has 1 amide bonds. The summed E-state index contributed by atoms with van der Waals surface area (Å²) in [6, 6.07) is 7.25. The van der Waals surface area contributed by atoms with Gasteiger partial charge in [0.25, 0.3) is 5.91 Å². The van der Waals surface area contributed by atoms with Crippen molar-refractivity contribution >= 4 is 17.2 Å². The lowest BCUT2D eigenvalue weighted by atomic mass is 10.1. The number of benzene rings is 1. The number of thiazole rings is 1. The van der Waals surface area contributed by atoms with Crippen LogP contribution in [-0.2, 0) is 12.7 Å². The fraction of sp³-hybridized carbons (Fsp3) is 0.118. The SMILES string of the molecule is O=C(NCc1cccc[n+]1[O-])c1csc(-c2ccc(F)c(C(F)(F)F)c2)n1. The Kier molecular flexibility index (Phi) is 5.08. The van der Waals surface area contributed by atoms with Gasteiger partial charge in [0.2, 0.25) is 5.69 Å². The molecule has 0 radical (unpaired) electrons. The number of amides is 1. The molecule has 0 atom stereocenters. The van der Waals surface area contributed by atoms with E-state index in [-0.39, 0.29) is 22.8 Å². The minimum atomic E-state index is -4.83. The largest absolute Gasteiger partial charge is 0.618 e. The molecule has 0 bridgehead atoms. The number of nitrogens with one attached hydrogen (secondary N) is 1. The number of hydrogen-bond donors (Lipinski definition) is 1. The Balaban J connectivity index is 1.77. The van der Waals surface area contributed by atoms with E-state index < -0.39 is 23.5 Å². The maximum absolute atomic E-state index is 13.4. The van der Waals surface area contributed by atoms with E-state index >= 15 is 0 Å². The summed E-state index contributed by atoms with van der Waals surface area (Å²) in [5, 5.41) is 15.6. The number of alkyl halides is 3. The number of hydrogen-bond acceptors (Lipinski definition) is 4. The van der Waals surface area contributed by atoms with Crippen molar-refractivity contribution in [2.45, 2.75) is 12.7 Å². The minimum absolute atomic E-state index is 0.0127. The molecule has 0 saturated heterocycles. The monoisotopic (exact) mass is 397 g/mol. The molecule has 140 valence electrons. The predicted octanol–water partition coefficient (Wildman–Crippen LogP) is 3.53. The molecule has 0 spiro atoms. The lowest BCUT2D eigenvalue weighted by Gasteiger charge is -2.08. The van der Waals surface area contributed by atoms with Gasteiger partial charge in [0.1, 0.15) is 23.1 Å². The van der Waals surface area contributed by atoms with Crippen LogP contribution < -0.4 is 10.0 Å². The molecule has 2 aromatic heterocycles. The first kappa shape index (κ1) is 18.8. The van der Waals surface area contributed by atoms with Crippen LogP contribution in [0.25, 0.3) is 10.6 Å². The van der Waals surface area contributed by atoms with Crippen molar-refractivity contribution in [2.75, 3.05) is 0 Å². The van der Waals surface area contributed by atoms with Crippen LogP contribution in [0.3, 0.4) is 0 Å². The van der Waals surface area contributed by atoms with Crippen molar-refractivity contribution in [3.63, 3.8) is 0 Å². The number of rotatable bonds is 4. The number of aromatic nitrogens is 2. The third kappa shape index (κ3) is 4.22. The number of carbonyl (C=O) groups excluding carboxylic acids is 1. The van der Waals surface area contributed by atoms with Crippen LogP contribution in [0.5, 0.6) is 0 Å². The summed E-state index contributed by atoms with van der Waals surface area (Å²) in [6.07, 6.45) is -3.55. The highest BCUT2D eigenvalue weighted by molar-refractivity contribution is 7.13. The van der Waals surface area contributed by atoms with E-state index in [2.05, 4.69) is 10.3 Å². The van der Waals surface area contributed by atoms with Gasteiger partial charge in [-0.05, 0) is 24.3 Å². The summed E-state index contributed by atoms with van der Waals surface area (Å²) in [5.41, 5.74) is -1.05. The molecule has 0 saturated carbocycles. The molecule has 27 heavy (non-hydrogen) atoms. The summed E-state index contributed by atoms with van der Waals surface area (Å²) in [4.78, 5) is 16.1. The van der Waals surface area contributed by atoms with Crippen molar-refractivity contribution in [3.05, 3.63) is 76.0 Å². The van der Waals surface area contributed by atoms with Crippen LogP contribution in [-0.4, -0.2) is 10.9 Å². The van der Waals surface area contributed by atoms with Gasteiger partial charge in [-0.15, -0.1) is 11.3 Å². The number of pyridine rings is 1. The number of carbonyl (C=O) groups is 1. The lowest BCUT2D eigenvalue weighted by Crippen LogP contribution is -2.35. The van der Waals surface area contributed by atoms with Gasteiger partial charge >= 0.3 is 6.18 Å². The average Bonchev–Trinajstić information content (AvgIpc) is 3.10. The molecule has 3 rings (SSSR count). The molecule has 5 nitrogen and oxygen atoms in total. The topological polar surface area (TPSA) is 68.9 Å². The maximum atomic E-state index is 13.4. The van der Waals surface area contributed by atoms with E-state index in [1.165, 1.54) is 17.6 Å². The van der Waals surface area contributed by atoms with E-state index in [9.17, 15) is 27.6 Å². The van der Waals surface area contributed by atoms with Crippen molar-refractivity contribution < 1.29 is 27.1 Å². The first-order valence-electron chi connectivity index (χ1n) is 7.53. The second-order valence-electron chi connectivity index (χ2n) is 5.43. The molecule has 0 aliphatic carbocycles. The highest BCUT2D eigenvalue weighted by Gasteiger charge is 2.34. The predicted molar refractivity (Wildman–Crippen MR) is 89.1 cm³/mol. The van der Waals surface area contributed by atoms with E-state index in [1.807, 2.05) is 0 Å². The molecule has 0 fully saturated rings. The second-order valence-corrected chi connectivity index (χ2v) is 6.29. The molecule has 1 aromatic carbocycles. The van der Waals surface area contributed by atoms with Gasteiger partial charge in [0, 0.05) is 23.1 Å². The Morgan fingerprint density at radius 3 is 2.74 bits per heavy atom. The second kappa shape index (κ2) is 7.31. The molecule has 3 aromatic rings. The van der Waals surface area contributed by atoms with Crippen LogP contribution in [0.15, 0.2) is 48.0 Å². The van der Waals surface area contributed by atoms with Crippen molar-refractivity contribution in [1.82, 2.24) is 10.3 Å². The van der Waals surface area contributed by atoms with Gasteiger partial charge in [-0.1, -0.05) is 0 Å². The van der Waals surface area contributed by atoms with E-state index in [0.717, 1.165) is 17.4 Å². The standard InChI is InChI=1S/C17H11F4N3O2S/c18-13-5-4-10(7-12(13)17(19,20)21)16-23-14(9-27-16)15(25)22-8-11-3-1-2-6-24(11)26/h1-7,9H,8H2,(H,22,25). The summed E-state index contributed by atoms with van der Waals surface area (Å²) in [5.74, 6) is -1.96. The van der Waals surface area contributed by atoms with E-state index in [4.69, 9.17) is 0 Å². The molecule has 2 heterocycles. The van der Waals surface area contributed by atoms with Gasteiger partial charge in [-0.3, -0.25) is 4.79 Å². The van der Waals surface area contributed by atoms with Crippen molar-refractivity contribution in [1.29, 1.82) is 0 Å². The molecular weight excluding hydrogens is 386 g/mol. The highest BCUT2D eigenvalue weighted by Crippen LogP contribution is 2.35. The summed E-state index contributed by atoms with van der Waals surface area (Å²) in [6.45, 7) is -0.0369. The first-order valence-corrected chi connectivity index (χ1v) is 8.41. The van der Waals surface area contributed by atoms with Gasteiger partial charge in [0.05, 0.1) is 5.56 Å². The molecule has 10 heteroatoms. The molecule has 1 N–H and O–H groups in total. The first-order chi connectivity index (χ1) is 12.8. The molecule has 0 aliphatic heterocycles. The Labute approximate surface area is 154 Å². The molecule has 0 unspecified atom stereocenters. The average molecular weight is 397 g/mol. The van der Waals surface area contributed by atoms with E-state index in [1.54, 1.807) is 12.1 Å². The zero-order valence-electron chi connectivity index (χ0n) is 13.5. The van der Waals surface area contributed by atoms with Gasteiger partial charge in [0.15, 0.2) is 6.20 Å². The Bertz CT molecular complexity index is 988. The number of halogens is 4. The molecular formula is C17H11F4N3O2S. The summed E-state index contributed by atoms with van der Waals surface area (Å²) < 4.78 is 52.5. The Hall–Kier alpha value is -3.01. The third-order valence-electron chi connectivity index (χ3n) is 3.59. The van der Waals surface area contributed by atoms with Crippen LogP contribution in [0.2, 0.25) is 0 Å². The third-order valence-corrected chi connectivity index (χ3v) is 4.48. The summed E-state index contributed by atoms with van der Waals surface area (Å²) >= 11 is 0.952. The smallest absolute Gasteiger partial charge is 0.419 e. The van der Waals surface area contributed by atoms with Crippen LogP contribution in [0, 0.1) is 11.0 Å². The van der Waals surface area contributed by atoms with Crippen LogP contribution >= 0.6 is 11.3 Å². The Morgan fingerprint density at radius 2 is 2.04 bits per heavy atom. The lowest BCUT2D eigenvalue weighted by molar-refractivity contribution is -0.614. The zero-order chi connectivity index (χ0) is 19.6. The zero-order valence-corrected chi connectivity index (χ0v) is 14.3. The van der Waals surface area contributed by atoms with Crippen molar-refractivity contribution in [2.24, 2.45) is 0 Å². The molecule has 0 aliphatic rings. The van der Waals surface area contributed by atoms with Gasteiger partial charge in [-0.2, -0.15) is 17.9 Å². The fourth-order valence-electron chi connectivity index (χ4n) is 2.25. The van der Waals surface area contributed by atoms with Crippen molar-refractivity contribution in [3.8, 4) is 10.6 Å². The van der Waals surface area contributed by atoms with Gasteiger partial charge < -0.3 is 10.5 Å². The van der Waals surface area contributed by atoms with E-state index in [0.29, 0.717) is 22.6 Å². The Morgan fingerprint density at radius 1 is 1.26 bits per heavy atom. The quantitative estimate of drug-likeness (QED) is 0.416. The van der Waals surface area contributed by atoms with Gasteiger partial charge in [-0.25, -0.2) is 9.37 Å². The minimum Gasteiger partial charge on any atom is -0.618 e. The van der Waals surface area contributed by atoms with Crippen LogP contribution in [0.4, 0.5) is 17.6 Å². The summed E-state index contributed by atoms with van der Waals surface area (Å²) in [7, 11) is 0. The fourth-order valence-corrected chi connectivity index (χ4v) is 3.05. The number of nitrogens with zero attached hydrogens (tertiary/aromatic N) is 2.